The van der Waals surface area contributed by atoms with Gasteiger partial charge in [0.2, 0.25) is 0 Å². The van der Waals surface area contributed by atoms with E-state index >= 15 is 0 Å². The summed E-state index contributed by atoms with van der Waals surface area (Å²) in [5.74, 6) is -0.879. The molecular weight excluding hydrogens is 212 g/mol. The Kier molecular flexibility index (Phi) is 3.97. The second-order valence-corrected chi connectivity index (χ2v) is 1.67. The average Bonchev–Trinajstić information content (AvgIpc) is 1.90. The van der Waals surface area contributed by atoms with Crippen LogP contribution in [0, 0.1) is 0 Å². The summed E-state index contributed by atoms with van der Waals surface area (Å²) in [6, 6.07) is 8.30. The van der Waals surface area contributed by atoms with E-state index in [0.29, 0.717) is 5.56 Å². The zero-order valence-corrected chi connectivity index (χ0v) is 7.16. The van der Waals surface area contributed by atoms with E-state index in [1.807, 2.05) is 0 Å². The summed E-state index contributed by atoms with van der Waals surface area (Å²) in [6.45, 7) is 0. The van der Waals surface area contributed by atoms with Crippen LogP contribution < -0.4 is 0 Å². The molecule has 0 heterocycles. The molecule has 1 rings (SSSR count). The number of hydrogen-bond acceptors (Lipinski definition) is 1. The van der Waals surface area contributed by atoms with Gasteiger partial charge in [0.25, 0.3) is 0 Å². The third-order valence-corrected chi connectivity index (χ3v) is 1.02. The van der Waals surface area contributed by atoms with E-state index in [0.717, 1.165) is 0 Å². The molecule has 0 amide bonds. The van der Waals surface area contributed by atoms with Crippen LogP contribution in [0.3, 0.4) is 0 Å². The van der Waals surface area contributed by atoms with Gasteiger partial charge >= 0.3 is 5.97 Å². The van der Waals surface area contributed by atoms with Crippen molar-refractivity contribution in [1.29, 1.82) is 0 Å². The molecule has 0 saturated heterocycles. The summed E-state index contributed by atoms with van der Waals surface area (Å²) in [5.41, 5.74) is 0.331. The van der Waals surface area contributed by atoms with Crippen LogP contribution >= 0.6 is 0 Å². The third kappa shape index (κ3) is 2.32. The Morgan fingerprint density at radius 1 is 1.20 bits per heavy atom. The van der Waals surface area contributed by atoms with Crippen molar-refractivity contribution < 1.29 is 31.0 Å². The number of carboxylic acids is 1. The first kappa shape index (κ1) is 9.38. The Hall–Kier alpha value is -0.622. The molecule has 0 atom stereocenters. The van der Waals surface area contributed by atoms with Gasteiger partial charge in [-0.15, -0.1) is 0 Å². The van der Waals surface area contributed by atoms with Crippen molar-refractivity contribution in [2.45, 2.75) is 0 Å². The van der Waals surface area contributed by atoms with Crippen molar-refractivity contribution >= 4 is 5.97 Å². The Morgan fingerprint density at radius 2 is 1.70 bits per heavy atom. The van der Waals surface area contributed by atoms with E-state index in [4.69, 9.17) is 5.11 Å². The molecule has 0 unspecified atom stereocenters. The quantitative estimate of drug-likeness (QED) is 0.723. The number of aromatic carboxylic acids is 1. The van der Waals surface area contributed by atoms with Gasteiger partial charge in [-0.1, -0.05) is 18.2 Å². The summed E-state index contributed by atoms with van der Waals surface area (Å²) in [5, 5.41) is 8.38. The summed E-state index contributed by atoms with van der Waals surface area (Å²) in [7, 11) is 0. The summed E-state index contributed by atoms with van der Waals surface area (Å²) in [6.07, 6.45) is 0. The number of carbonyl (C=O) groups is 1. The second-order valence-electron chi connectivity index (χ2n) is 1.67. The first-order valence-corrected chi connectivity index (χ1v) is 2.59. The van der Waals surface area contributed by atoms with Crippen LogP contribution in [0.1, 0.15) is 10.4 Å². The van der Waals surface area contributed by atoms with Crippen LogP contribution in [-0.2, 0) is 21.1 Å². The molecule has 3 heteroatoms. The molecule has 0 bridgehead atoms. The van der Waals surface area contributed by atoms with Crippen molar-refractivity contribution in [3.63, 3.8) is 0 Å². The average molecular weight is 218 g/mol. The first-order valence-electron chi connectivity index (χ1n) is 2.59. The molecule has 0 fully saturated rings. The van der Waals surface area contributed by atoms with E-state index < -0.39 is 5.97 Å². The van der Waals surface area contributed by atoms with Crippen molar-refractivity contribution in [2.75, 3.05) is 0 Å². The zero-order valence-electron chi connectivity index (χ0n) is 5.15. The zero-order chi connectivity index (χ0) is 6.69. The van der Waals surface area contributed by atoms with Gasteiger partial charge < -0.3 is 5.11 Å². The Bertz CT molecular complexity index is 208. The normalized spacial score (nSPS) is 8.00. The van der Waals surface area contributed by atoms with Gasteiger partial charge in [0.1, 0.15) is 0 Å². The molecule has 2 nitrogen and oxygen atoms in total. The minimum Gasteiger partial charge on any atom is -0.478 e. The monoisotopic (exact) mass is 220 g/mol. The summed E-state index contributed by atoms with van der Waals surface area (Å²) >= 11 is 0. The van der Waals surface area contributed by atoms with E-state index in [9.17, 15) is 4.79 Å². The molecule has 1 aromatic rings. The molecule has 0 saturated carbocycles. The second kappa shape index (κ2) is 4.23. The summed E-state index contributed by atoms with van der Waals surface area (Å²) < 4.78 is 0. The molecule has 52 valence electrons. The Morgan fingerprint density at radius 3 is 2.00 bits per heavy atom. The SMILES string of the molecule is O=C(O)c1ccccc1.[Mo]. The fourth-order valence-corrected chi connectivity index (χ4v) is 0.581. The topological polar surface area (TPSA) is 37.3 Å². The number of carboxylic acid groups (broad SMARTS) is 1. The third-order valence-electron chi connectivity index (χ3n) is 1.02. The van der Waals surface area contributed by atoms with Gasteiger partial charge in [-0.25, -0.2) is 4.79 Å². The molecule has 1 aromatic carbocycles. The van der Waals surface area contributed by atoms with Crippen molar-refractivity contribution in [3.05, 3.63) is 35.9 Å². The fraction of sp³-hybridized carbons (Fsp3) is 0. The van der Waals surface area contributed by atoms with Crippen molar-refractivity contribution in [2.24, 2.45) is 0 Å². The molecule has 0 radical (unpaired) electrons. The van der Waals surface area contributed by atoms with Crippen LogP contribution in [0.25, 0.3) is 0 Å². The molecule has 0 aliphatic heterocycles. The van der Waals surface area contributed by atoms with Crippen LogP contribution in [0.2, 0.25) is 0 Å². The predicted octanol–water partition coefficient (Wildman–Crippen LogP) is 1.38. The predicted molar refractivity (Wildman–Crippen MR) is 33.4 cm³/mol. The van der Waals surface area contributed by atoms with E-state index in [1.54, 1.807) is 30.3 Å². The number of hydrogen-bond donors (Lipinski definition) is 1. The maximum absolute atomic E-state index is 10.2. The Balaban J connectivity index is 0.000000810. The minimum atomic E-state index is -0.879. The molecule has 1 N–H and O–H groups in total. The van der Waals surface area contributed by atoms with Gasteiger partial charge in [0, 0.05) is 21.1 Å². The molecule has 0 aliphatic carbocycles. The van der Waals surface area contributed by atoms with Crippen LogP contribution in [0.15, 0.2) is 30.3 Å². The summed E-state index contributed by atoms with van der Waals surface area (Å²) in [4.78, 5) is 10.2. The van der Waals surface area contributed by atoms with Gasteiger partial charge in [0.15, 0.2) is 0 Å². The van der Waals surface area contributed by atoms with E-state index in [2.05, 4.69) is 0 Å². The molecule has 0 aromatic heterocycles. The maximum atomic E-state index is 10.2. The Labute approximate surface area is 73.1 Å². The van der Waals surface area contributed by atoms with E-state index in [1.165, 1.54) is 0 Å². The first-order chi connectivity index (χ1) is 4.30. The van der Waals surface area contributed by atoms with Gasteiger partial charge in [0.05, 0.1) is 5.56 Å². The smallest absolute Gasteiger partial charge is 0.335 e. The number of benzene rings is 1. The van der Waals surface area contributed by atoms with Gasteiger partial charge in [-0.05, 0) is 12.1 Å². The van der Waals surface area contributed by atoms with Gasteiger partial charge in [-0.3, -0.25) is 0 Å². The molecule has 10 heavy (non-hydrogen) atoms. The number of rotatable bonds is 1. The van der Waals surface area contributed by atoms with Gasteiger partial charge in [-0.2, -0.15) is 0 Å². The van der Waals surface area contributed by atoms with Crippen molar-refractivity contribution in [3.8, 4) is 0 Å². The van der Waals surface area contributed by atoms with Crippen LogP contribution in [0.4, 0.5) is 0 Å². The molecule has 0 spiro atoms. The molecular formula is C7H6MoO2. The van der Waals surface area contributed by atoms with Crippen molar-refractivity contribution in [1.82, 2.24) is 0 Å². The maximum Gasteiger partial charge on any atom is 0.335 e. The molecule has 0 aliphatic rings. The largest absolute Gasteiger partial charge is 0.478 e. The minimum absolute atomic E-state index is 0. The van der Waals surface area contributed by atoms with Crippen LogP contribution in [0.5, 0.6) is 0 Å². The fourth-order valence-electron chi connectivity index (χ4n) is 0.581. The standard InChI is InChI=1S/C7H6O2.Mo/c8-7(9)6-4-2-1-3-5-6;/h1-5H,(H,8,9);. The van der Waals surface area contributed by atoms with E-state index in [-0.39, 0.29) is 21.1 Å². The van der Waals surface area contributed by atoms with Crippen LogP contribution in [-0.4, -0.2) is 11.1 Å².